The van der Waals surface area contributed by atoms with Gasteiger partial charge in [-0.2, -0.15) is 8.78 Å². The average Bonchev–Trinajstić information content (AvgIpc) is 2.91. The van der Waals surface area contributed by atoms with Crippen LogP contribution in [0.3, 0.4) is 0 Å². The highest BCUT2D eigenvalue weighted by atomic mass is 19.4. The van der Waals surface area contributed by atoms with Crippen molar-refractivity contribution >= 4 is 0 Å². The summed E-state index contributed by atoms with van der Waals surface area (Å²) in [5.41, 5.74) is 0.102. The molecule has 0 unspecified atom stereocenters. The Kier molecular flexibility index (Phi) is 9.92. The van der Waals surface area contributed by atoms with Gasteiger partial charge < -0.3 is 14.2 Å². The highest BCUT2D eigenvalue weighted by molar-refractivity contribution is 5.33. The van der Waals surface area contributed by atoms with Gasteiger partial charge in [0, 0.05) is 17.7 Å². The number of alkyl halides is 5. The summed E-state index contributed by atoms with van der Waals surface area (Å²) in [5.74, 6) is -2.63. The highest BCUT2D eigenvalue weighted by Gasteiger charge is 2.44. The van der Waals surface area contributed by atoms with Crippen LogP contribution in [0.4, 0.5) is 30.7 Å². The van der Waals surface area contributed by atoms with Crippen LogP contribution >= 0.6 is 0 Å². The summed E-state index contributed by atoms with van der Waals surface area (Å²) < 4.78 is 110. The zero-order valence-electron chi connectivity index (χ0n) is 22.4. The maximum Gasteiger partial charge on any atom is 0.573 e. The van der Waals surface area contributed by atoms with Crippen LogP contribution in [0.15, 0.2) is 61.2 Å². The van der Waals surface area contributed by atoms with Gasteiger partial charge in [-0.1, -0.05) is 24.8 Å². The molecule has 2 aromatic carbocycles. The van der Waals surface area contributed by atoms with Crippen molar-refractivity contribution in [3.8, 4) is 17.2 Å². The predicted molar refractivity (Wildman–Crippen MR) is 140 cm³/mol. The Labute approximate surface area is 235 Å². The van der Waals surface area contributed by atoms with Crippen molar-refractivity contribution in [3.63, 3.8) is 0 Å². The van der Waals surface area contributed by atoms with Crippen LogP contribution in [0.5, 0.6) is 17.2 Å². The number of rotatable bonds is 10. The minimum Gasteiger partial charge on any atom is -0.489 e. The molecule has 41 heavy (non-hydrogen) atoms. The molecule has 2 aliphatic carbocycles. The molecule has 2 aliphatic rings. The maximum atomic E-state index is 14.8. The van der Waals surface area contributed by atoms with E-state index in [-0.39, 0.29) is 54.3 Å². The molecule has 0 bridgehead atoms. The lowest BCUT2D eigenvalue weighted by Crippen LogP contribution is -2.37. The van der Waals surface area contributed by atoms with Gasteiger partial charge in [0.2, 0.25) is 0 Å². The van der Waals surface area contributed by atoms with Crippen molar-refractivity contribution in [1.29, 1.82) is 0 Å². The standard InChI is InChI=1S/C31H33F7O3/c1-2-17-39-26-18-27(32)29(28(33)19-26)22-9-5-20(6-10-22)3-4-21-7-11-23(12-8-21)30(34,35)40-24-13-15-25(16-14-24)41-31(36,37)38/h2-4,13-16,18-23H,1,5-12,17H2/b4-3+. The van der Waals surface area contributed by atoms with Crippen LogP contribution in [0.1, 0.15) is 62.8 Å². The second-order valence-electron chi connectivity index (χ2n) is 10.7. The first-order valence-corrected chi connectivity index (χ1v) is 13.8. The smallest absolute Gasteiger partial charge is 0.489 e. The Morgan fingerprint density at radius 2 is 1.20 bits per heavy atom. The summed E-state index contributed by atoms with van der Waals surface area (Å²) in [6.45, 7) is 3.68. The quantitative estimate of drug-likeness (QED) is 0.205. The summed E-state index contributed by atoms with van der Waals surface area (Å²) in [5, 5.41) is 0. The van der Waals surface area contributed by atoms with Crippen molar-refractivity contribution in [2.24, 2.45) is 17.8 Å². The average molecular weight is 587 g/mol. The predicted octanol–water partition coefficient (Wildman–Crippen LogP) is 9.74. The molecule has 2 aromatic rings. The minimum atomic E-state index is -4.87. The van der Waals surface area contributed by atoms with E-state index in [1.807, 2.05) is 0 Å². The number of allylic oxidation sites excluding steroid dienone is 2. The SMILES string of the molecule is C=CCOc1cc(F)c(C2CCC(/C=C/C3CCC(C(F)(F)Oc4ccc(OC(F)(F)F)cc4)CC3)CC2)c(F)c1. The zero-order valence-corrected chi connectivity index (χ0v) is 22.4. The summed E-state index contributed by atoms with van der Waals surface area (Å²) in [4.78, 5) is 0. The third-order valence-corrected chi connectivity index (χ3v) is 7.81. The molecule has 4 rings (SSSR count). The maximum absolute atomic E-state index is 14.8. The first-order valence-electron chi connectivity index (χ1n) is 13.8. The molecule has 224 valence electrons. The Morgan fingerprint density at radius 3 is 1.68 bits per heavy atom. The second kappa shape index (κ2) is 13.2. The van der Waals surface area contributed by atoms with Gasteiger partial charge in [-0.15, -0.1) is 13.2 Å². The molecule has 0 atom stereocenters. The lowest BCUT2D eigenvalue weighted by Gasteiger charge is -2.33. The van der Waals surface area contributed by atoms with E-state index in [4.69, 9.17) is 9.47 Å². The van der Waals surface area contributed by atoms with E-state index >= 15 is 0 Å². The number of hydrogen-bond donors (Lipinski definition) is 0. The van der Waals surface area contributed by atoms with Gasteiger partial charge in [0.15, 0.2) is 0 Å². The fourth-order valence-electron chi connectivity index (χ4n) is 5.70. The molecular weight excluding hydrogens is 553 g/mol. The van der Waals surface area contributed by atoms with Gasteiger partial charge in [-0.05, 0) is 93.4 Å². The molecule has 0 aliphatic heterocycles. The van der Waals surface area contributed by atoms with Gasteiger partial charge in [0.1, 0.15) is 35.5 Å². The molecule has 3 nitrogen and oxygen atoms in total. The third kappa shape index (κ3) is 8.66. The largest absolute Gasteiger partial charge is 0.573 e. The third-order valence-electron chi connectivity index (χ3n) is 7.81. The van der Waals surface area contributed by atoms with E-state index in [0.29, 0.717) is 25.7 Å². The topological polar surface area (TPSA) is 27.7 Å². The molecule has 0 N–H and O–H groups in total. The van der Waals surface area contributed by atoms with Crippen LogP contribution in [0.2, 0.25) is 0 Å². The molecule has 0 saturated heterocycles. The van der Waals surface area contributed by atoms with E-state index in [1.54, 1.807) is 0 Å². The van der Waals surface area contributed by atoms with Gasteiger partial charge in [0.25, 0.3) is 0 Å². The van der Waals surface area contributed by atoms with E-state index in [9.17, 15) is 30.7 Å². The number of benzene rings is 2. The summed E-state index contributed by atoms with van der Waals surface area (Å²) in [7, 11) is 0. The van der Waals surface area contributed by atoms with E-state index in [1.165, 1.54) is 18.2 Å². The van der Waals surface area contributed by atoms with Gasteiger partial charge in [0.05, 0.1) is 5.92 Å². The summed E-state index contributed by atoms with van der Waals surface area (Å²) in [6, 6.07) is 6.32. The number of ether oxygens (including phenoxy) is 3. The fourth-order valence-corrected chi connectivity index (χ4v) is 5.70. The molecular formula is C31H33F7O3. The zero-order chi connectivity index (χ0) is 29.6. The van der Waals surface area contributed by atoms with Crippen molar-refractivity contribution in [2.75, 3.05) is 6.61 Å². The van der Waals surface area contributed by atoms with Crippen LogP contribution < -0.4 is 14.2 Å². The summed E-state index contributed by atoms with van der Waals surface area (Å²) in [6.07, 6.45) is 1.83. The van der Waals surface area contributed by atoms with Crippen LogP contribution in [-0.4, -0.2) is 19.1 Å². The highest BCUT2D eigenvalue weighted by Crippen LogP contribution is 2.42. The fraction of sp³-hybridized carbons (Fsp3) is 0.484. The first-order chi connectivity index (χ1) is 19.4. The molecule has 2 saturated carbocycles. The van der Waals surface area contributed by atoms with Gasteiger partial charge in [-0.25, -0.2) is 8.78 Å². The molecule has 0 aromatic heterocycles. The van der Waals surface area contributed by atoms with Gasteiger partial charge in [-0.3, -0.25) is 0 Å². The summed E-state index contributed by atoms with van der Waals surface area (Å²) >= 11 is 0. The minimum absolute atomic E-state index is 0.102. The number of halogens is 7. The van der Waals surface area contributed by atoms with Crippen molar-refractivity contribution in [2.45, 2.75) is 69.8 Å². The first kappa shape index (κ1) is 30.8. The molecule has 10 heteroatoms. The van der Waals surface area contributed by atoms with Crippen LogP contribution in [0, 0.1) is 29.4 Å². The van der Waals surface area contributed by atoms with Crippen molar-refractivity contribution in [1.82, 2.24) is 0 Å². The van der Waals surface area contributed by atoms with E-state index in [2.05, 4.69) is 23.5 Å². The monoisotopic (exact) mass is 586 g/mol. The molecule has 0 heterocycles. The Bertz CT molecular complexity index is 1150. The Hall–Kier alpha value is -3.17. The number of hydrogen-bond acceptors (Lipinski definition) is 3. The van der Waals surface area contributed by atoms with Crippen LogP contribution in [-0.2, 0) is 0 Å². The Balaban J connectivity index is 1.23. The lowest BCUT2D eigenvalue weighted by molar-refractivity contribution is -0.274. The van der Waals surface area contributed by atoms with Crippen molar-refractivity contribution in [3.05, 3.63) is 78.4 Å². The van der Waals surface area contributed by atoms with Crippen LogP contribution in [0.25, 0.3) is 0 Å². The molecule has 2 fully saturated rings. The molecule has 0 amide bonds. The lowest BCUT2D eigenvalue weighted by atomic mass is 9.77. The van der Waals surface area contributed by atoms with E-state index < -0.39 is 35.8 Å². The second-order valence-corrected chi connectivity index (χ2v) is 10.7. The molecule has 0 spiro atoms. The Morgan fingerprint density at radius 1 is 0.707 bits per heavy atom. The molecule has 0 radical (unpaired) electrons. The van der Waals surface area contributed by atoms with E-state index in [0.717, 1.165) is 37.1 Å². The van der Waals surface area contributed by atoms with Gasteiger partial charge >= 0.3 is 12.5 Å². The van der Waals surface area contributed by atoms with Crippen molar-refractivity contribution < 1.29 is 44.9 Å². The normalized spacial score (nSPS) is 23.8.